The highest BCUT2D eigenvalue weighted by atomic mass is 16.7. The van der Waals surface area contributed by atoms with E-state index in [2.05, 4.69) is 13.8 Å². The molecule has 1 unspecified atom stereocenters. The van der Waals surface area contributed by atoms with Crippen molar-refractivity contribution >= 4 is 11.8 Å². The van der Waals surface area contributed by atoms with Crippen molar-refractivity contribution in [3.8, 4) is 11.5 Å². The first-order chi connectivity index (χ1) is 13.0. The van der Waals surface area contributed by atoms with Gasteiger partial charge in [-0.15, -0.1) is 0 Å². The van der Waals surface area contributed by atoms with Gasteiger partial charge >= 0.3 is 0 Å². The van der Waals surface area contributed by atoms with Crippen LogP contribution in [0.1, 0.15) is 51.5 Å². The molecule has 6 nitrogen and oxygen atoms in total. The van der Waals surface area contributed by atoms with Crippen LogP contribution in [0.25, 0.3) is 0 Å². The van der Waals surface area contributed by atoms with Crippen LogP contribution >= 0.6 is 0 Å². The van der Waals surface area contributed by atoms with E-state index in [1.807, 2.05) is 28.0 Å². The molecule has 27 heavy (non-hydrogen) atoms. The third-order valence-electron chi connectivity index (χ3n) is 6.13. The minimum Gasteiger partial charge on any atom is -0.454 e. The lowest BCUT2D eigenvalue weighted by Crippen LogP contribution is -2.62. The number of amides is 2. The number of carbonyl (C=O) groups excluding carboxylic acids is 2. The minimum absolute atomic E-state index is 0.0872. The molecule has 146 valence electrons. The Morgan fingerprint density at radius 1 is 1.15 bits per heavy atom. The number of hydrogen-bond acceptors (Lipinski definition) is 4. The molecular formula is C21H28N2O4. The summed E-state index contributed by atoms with van der Waals surface area (Å²) in [6.07, 6.45) is 4.53. The van der Waals surface area contributed by atoms with Gasteiger partial charge in [0.1, 0.15) is 5.54 Å². The van der Waals surface area contributed by atoms with Gasteiger partial charge in [-0.2, -0.15) is 0 Å². The standard InChI is InChI=1S/C21H28N2O4/c1-15(2)22-11-3-9-21(20(22)25)10-4-12-23(21)19(24)8-6-16-5-7-17-18(13-16)27-14-26-17/h5,7,13,15H,3-4,6,8-12,14H2,1-2H3. The third kappa shape index (κ3) is 3.15. The SMILES string of the molecule is CC(C)N1CCCC2(CCCN2C(=O)CCc2ccc3c(c2)OCO3)C1=O. The van der Waals surface area contributed by atoms with Crippen molar-refractivity contribution in [2.45, 2.75) is 64.0 Å². The number of likely N-dealkylation sites (tertiary alicyclic amines) is 2. The van der Waals surface area contributed by atoms with Gasteiger partial charge in [0.2, 0.25) is 18.6 Å². The molecule has 1 aromatic rings. The Morgan fingerprint density at radius 2 is 1.89 bits per heavy atom. The van der Waals surface area contributed by atoms with Crippen LogP contribution in [-0.4, -0.2) is 53.1 Å². The van der Waals surface area contributed by atoms with E-state index >= 15 is 0 Å². The van der Waals surface area contributed by atoms with Gasteiger partial charge in [-0.1, -0.05) is 6.07 Å². The summed E-state index contributed by atoms with van der Waals surface area (Å²) in [5, 5.41) is 0. The van der Waals surface area contributed by atoms with Gasteiger partial charge in [0.25, 0.3) is 0 Å². The summed E-state index contributed by atoms with van der Waals surface area (Å²) in [5.74, 6) is 1.74. The highest BCUT2D eigenvalue weighted by Crippen LogP contribution is 2.39. The Kier molecular flexibility index (Phi) is 4.74. The molecule has 2 saturated heterocycles. The molecule has 0 bridgehead atoms. The van der Waals surface area contributed by atoms with Crippen molar-refractivity contribution in [1.82, 2.24) is 9.80 Å². The zero-order valence-electron chi connectivity index (χ0n) is 16.2. The smallest absolute Gasteiger partial charge is 0.248 e. The first kappa shape index (κ1) is 18.1. The maximum atomic E-state index is 13.2. The average Bonchev–Trinajstić information content (AvgIpc) is 3.29. The summed E-state index contributed by atoms with van der Waals surface area (Å²) >= 11 is 0. The van der Waals surface area contributed by atoms with Gasteiger partial charge in [0.05, 0.1) is 0 Å². The first-order valence-corrected chi connectivity index (χ1v) is 10.0. The molecular weight excluding hydrogens is 344 g/mol. The molecule has 1 atom stereocenters. The third-order valence-corrected chi connectivity index (χ3v) is 6.13. The number of hydrogen-bond donors (Lipinski definition) is 0. The van der Waals surface area contributed by atoms with E-state index in [1.54, 1.807) is 0 Å². The monoisotopic (exact) mass is 372 g/mol. The fourth-order valence-electron chi connectivity index (χ4n) is 4.72. The van der Waals surface area contributed by atoms with Crippen molar-refractivity contribution in [1.29, 1.82) is 0 Å². The summed E-state index contributed by atoms with van der Waals surface area (Å²) in [7, 11) is 0. The molecule has 4 rings (SSSR count). The molecule has 0 aromatic heterocycles. The van der Waals surface area contributed by atoms with E-state index in [9.17, 15) is 9.59 Å². The number of fused-ring (bicyclic) bond motifs is 1. The average molecular weight is 372 g/mol. The van der Waals surface area contributed by atoms with Crippen molar-refractivity contribution in [3.05, 3.63) is 23.8 Å². The lowest BCUT2D eigenvalue weighted by molar-refractivity contribution is -0.156. The summed E-state index contributed by atoms with van der Waals surface area (Å²) in [6, 6.07) is 6.00. The molecule has 1 spiro atoms. The molecule has 0 N–H and O–H groups in total. The fourth-order valence-corrected chi connectivity index (χ4v) is 4.72. The topological polar surface area (TPSA) is 59.1 Å². The van der Waals surface area contributed by atoms with E-state index in [0.717, 1.165) is 49.3 Å². The number of rotatable bonds is 4. The molecule has 2 fully saturated rings. The summed E-state index contributed by atoms with van der Waals surface area (Å²) in [5.41, 5.74) is 0.453. The number of benzene rings is 1. The van der Waals surface area contributed by atoms with Crippen molar-refractivity contribution < 1.29 is 19.1 Å². The first-order valence-electron chi connectivity index (χ1n) is 10.0. The van der Waals surface area contributed by atoms with Crippen LogP contribution in [0.15, 0.2) is 18.2 Å². The second kappa shape index (κ2) is 7.06. The Morgan fingerprint density at radius 3 is 2.67 bits per heavy atom. The maximum Gasteiger partial charge on any atom is 0.248 e. The van der Waals surface area contributed by atoms with Crippen LogP contribution in [0.5, 0.6) is 11.5 Å². The summed E-state index contributed by atoms with van der Waals surface area (Å²) < 4.78 is 10.8. The lowest BCUT2D eigenvalue weighted by atomic mass is 9.84. The van der Waals surface area contributed by atoms with Gasteiger partial charge in [-0.3, -0.25) is 9.59 Å². The number of piperidine rings is 1. The van der Waals surface area contributed by atoms with Crippen LogP contribution in [0.2, 0.25) is 0 Å². The Balaban J connectivity index is 1.45. The second-order valence-corrected chi connectivity index (χ2v) is 8.06. The van der Waals surface area contributed by atoms with Gasteiger partial charge in [0, 0.05) is 25.6 Å². The van der Waals surface area contributed by atoms with Crippen LogP contribution in [0, 0.1) is 0 Å². The van der Waals surface area contributed by atoms with Crippen molar-refractivity contribution in [2.75, 3.05) is 19.9 Å². The van der Waals surface area contributed by atoms with Crippen molar-refractivity contribution in [3.63, 3.8) is 0 Å². The summed E-state index contributed by atoms with van der Waals surface area (Å²) in [4.78, 5) is 30.1. The number of carbonyl (C=O) groups is 2. The molecule has 0 saturated carbocycles. The number of nitrogens with zero attached hydrogens (tertiary/aromatic N) is 2. The van der Waals surface area contributed by atoms with Crippen LogP contribution in [0.4, 0.5) is 0 Å². The molecule has 1 aromatic carbocycles. The molecule has 2 amide bonds. The maximum absolute atomic E-state index is 13.2. The highest BCUT2D eigenvalue weighted by molar-refractivity contribution is 5.93. The van der Waals surface area contributed by atoms with Crippen molar-refractivity contribution in [2.24, 2.45) is 0 Å². The predicted octanol–water partition coefficient (Wildman–Crippen LogP) is 2.74. The van der Waals surface area contributed by atoms with Crippen LogP contribution < -0.4 is 9.47 Å². The quantitative estimate of drug-likeness (QED) is 0.815. The van der Waals surface area contributed by atoms with Gasteiger partial charge in [0.15, 0.2) is 11.5 Å². The van der Waals surface area contributed by atoms with E-state index in [4.69, 9.17) is 9.47 Å². The highest BCUT2D eigenvalue weighted by Gasteiger charge is 2.52. The molecule has 0 aliphatic carbocycles. The fraction of sp³-hybridized carbons (Fsp3) is 0.619. The Hall–Kier alpha value is -2.24. The molecule has 6 heteroatoms. The van der Waals surface area contributed by atoms with E-state index in [1.165, 1.54) is 0 Å². The van der Waals surface area contributed by atoms with E-state index in [0.29, 0.717) is 19.4 Å². The number of aryl methyl sites for hydroxylation is 1. The zero-order chi connectivity index (χ0) is 19.0. The Labute approximate surface area is 160 Å². The van der Waals surface area contributed by atoms with E-state index in [-0.39, 0.29) is 24.6 Å². The normalized spacial score (nSPS) is 24.3. The molecule has 3 heterocycles. The van der Waals surface area contributed by atoms with E-state index < -0.39 is 5.54 Å². The van der Waals surface area contributed by atoms with Gasteiger partial charge < -0.3 is 19.3 Å². The molecule has 3 aliphatic rings. The number of ether oxygens (including phenoxy) is 2. The van der Waals surface area contributed by atoms with Crippen LogP contribution in [-0.2, 0) is 16.0 Å². The molecule has 0 radical (unpaired) electrons. The summed E-state index contributed by atoms with van der Waals surface area (Å²) in [6.45, 7) is 5.85. The second-order valence-electron chi connectivity index (χ2n) is 8.06. The Bertz CT molecular complexity index is 748. The molecule has 3 aliphatic heterocycles. The van der Waals surface area contributed by atoms with Gasteiger partial charge in [-0.25, -0.2) is 0 Å². The largest absolute Gasteiger partial charge is 0.454 e. The minimum atomic E-state index is -0.603. The lowest BCUT2D eigenvalue weighted by Gasteiger charge is -2.46. The van der Waals surface area contributed by atoms with Gasteiger partial charge in [-0.05, 0) is 63.6 Å². The van der Waals surface area contributed by atoms with Crippen LogP contribution in [0.3, 0.4) is 0 Å². The zero-order valence-corrected chi connectivity index (χ0v) is 16.2. The predicted molar refractivity (Wildman–Crippen MR) is 101 cm³/mol.